The van der Waals surface area contributed by atoms with E-state index in [4.69, 9.17) is 39.1 Å². The first-order valence-corrected chi connectivity index (χ1v) is 47.7. The number of ether oxygens (including phenoxy) is 6. The first-order chi connectivity index (χ1) is 65.8. The second-order valence-corrected chi connectivity index (χ2v) is 37.4. The minimum atomic E-state index is -0.447. The summed E-state index contributed by atoms with van der Waals surface area (Å²) in [5, 5.41) is 8.81. The van der Waals surface area contributed by atoms with Gasteiger partial charge in [-0.05, 0) is 135 Å². The molecule has 8 amide bonds. The minimum absolute atomic E-state index is 0.102. The molecule has 716 valence electrons. The fraction of sp³-hybridized carbons (Fsp3) is 0.385. The molecule has 0 spiro atoms. The number of hydrogen-bond acceptors (Lipinski definition) is 18. The van der Waals surface area contributed by atoms with Gasteiger partial charge >= 0.3 is 18.3 Å². The number of piperidine rings is 3. The van der Waals surface area contributed by atoms with Gasteiger partial charge in [0.2, 0.25) is 0 Å². The summed E-state index contributed by atoms with van der Waals surface area (Å²) < 4.78 is 36.5. The van der Waals surface area contributed by atoms with Gasteiger partial charge in [0, 0.05) is 94.2 Å². The number of methoxy groups -OCH3 is 1. The molecule has 0 bridgehead atoms. The van der Waals surface area contributed by atoms with Gasteiger partial charge in [0.05, 0.1) is 153 Å². The van der Waals surface area contributed by atoms with E-state index in [-0.39, 0.29) is 53.9 Å². The normalized spacial score (nSPS) is 15.4. The fourth-order valence-electron chi connectivity index (χ4n) is 18.1. The number of anilines is 3. The van der Waals surface area contributed by atoms with Crippen molar-refractivity contribution in [1.82, 2.24) is 29.5 Å². The van der Waals surface area contributed by atoms with Crippen molar-refractivity contribution in [2.45, 2.75) is 115 Å². The lowest BCUT2D eigenvalue weighted by atomic mass is 10.0. The number of hydrogen-bond donors (Lipinski definition) is 4. The molecule has 0 aliphatic carbocycles. The Hall–Kier alpha value is -12.8. The van der Waals surface area contributed by atoms with Crippen molar-refractivity contribution in [2.24, 2.45) is 5.73 Å². The van der Waals surface area contributed by atoms with Crippen LogP contribution in [-0.4, -0.2) is 276 Å². The van der Waals surface area contributed by atoms with Crippen LogP contribution in [0.25, 0.3) is 33.4 Å². The fourth-order valence-corrected chi connectivity index (χ4v) is 18.1. The van der Waals surface area contributed by atoms with E-state index in [1.54, 1.807) is 55.6 Å². The molecular weight excluding hydrogens is 1720 g/mol. The molecular formula is C109H134N13O14+3. The van der Waals surface area contributed by atoms with Crippen molar-refractivity contribution in [1.29, 1.82) is 0 Å². The molecule has 10 aromatic rings. The second kappa shape index (κ2) is 49.6. The number of amides is 8. The third-order valence-corrected chi connectivity index (χ3v) is 26.1. The molecule has 5 N–H and O–H groups in total. The zero-order valence-electron chi connectivity index (χ0n) is 79.8. The summed E-state index contributed by atoms with van der Waals surface area (Å²) in [6, 6.07) is 80.9. The molecule has 1 atom stereocenters. The number of imide groups is 2. The lowest BCUT2D eigenvalue weighted by molar-refractivity contribution is -0.905. The van der Waals surface area contributed by atoms with Gasteiger partial charge in [0.1, 0.15) is 37.2 Å². The van der Waals surface area contributed by atoms with E-state index < -0.39 is 18.3 Å². The van der Waals surface area contributed by atoms with Gasteiger partial charge in [0.15, 0.2) is 6.04 Å². The molecule has 3 fully saturated rings. The van der Waals surface area contributed by atoms with Gasteiger partial charge in [-0.2, -0.15) is 0 Å². The van der Waals surface area contributed by atoms with E-state index in [1.807, 2.05) is 206 Å². The highest BCUT2D eigenvalue weighted by atomic mass is 16.6. The third kappa shape index (κ3) is 29.3. The topological polar surface area (TPSA) is 283 Å². The maximum absolute atomic E-state index is 12.8. The minimum Gasteiger partial charge on any atom is -0.496 e. The van der Waals surface area contributed by atoms with Gasteiger partial charge in [-0.15, -0.1) is 0 Å². The molecule has 6 heterocycles. The Bertz CT molecular complexity index is 5540. The maximum atomic E-state index is 12.8. The number of primary amides is 1. The standard InChI is InChI=1S/C37H39N5O4.C37H50N4O5.C35H42N4O5/c1-42(2,24-23-41-35(43)32-16-6-7-17-33(32)36(41)44)26-29-14-10-13-28(38-29)25-40-21-19-30(20-22-40)46-37(45)39-34-18-9-8-15-31(34)27-11-4-3-5-12-27;1-41(2,25-13-4-5-14-26-45-28-30-17-9-12-20-35(30)44-3)34(36(38)42)27-40-23-21-31(22-24-40)46-37(43)39-33-19-11-10-18-32(33)29-15-7-6-8-16-29;1-39(2,23-10-19-38-33(40)30-14-6-7-15-31(30)34(38)41)24-26-43-25-22-37-20-17-28(18-21-37)44-35(42)36-32-16-9-8-13-29(32)27-11-4-3-5-12-27/h3-18,30H,19-26H2,1-2H3;6-12,15-20,31,34H,4-5,13-14,21-28H2,1-3H3,(H2-,38,39,42,43);3-9,11-16,28H,10,17-26H2,1-2H3/p+3. The van der Waals surface area contributed by atoms with E-state index in [9.17, 15) is 38.4 Å². The quantitative estimate of drug-likeness (QED) is 0.0120. The average molecular weight is 1850 g/mol. The number of rotatable bonds is 40. The first-order valence-electron chi connectivity index (χ1n) is 47.7. The molecule has 5 aliphatic heterocycles. The average Bonchev–Trinajstić information content (AvgIpc) is 1.64. The number of fused-ring (bicyclic) bond motifs is 2. The van der Waals surface area contributed by atoms with Crippen LogP contribution < -0.4 is 26.4 Å². The van der Waals surface area contributed by atoms with E-state index in [2.05, 4.69) is 72.9 Å². The highest BCUT2D eigenvalue weighted by molar-refractivity contribution is 6.22. The van der Waals surface area contributed by atoms with Crippen LogP contribution in [0.2, 0.25) is 0 Å². The van der Waals surface area contributed by atoms with Crippen molar-refractivity contribution in [3.8, 4) is 39.1 Å². The van der Waals surface area contributed by atoms with Crippen molar-refractivity contribution < 1.29 is 80.2 Å². The molecule has 0 radical (unpaired) electrons. The second-order valence-electron chi connectivity index (χ2n) is 37.4. The molecule has 27 nitrogen and oxygen atoms in total. The summed E-state index contributed by atoms with van der Waals surface area (Å²) in [5.41, 5.74) is 19.1. The van der Waals surface area contributed by atoms with Crippen molar-refractivity contribution in [2.75, 3.05) is 177 Å². The van der Waals surface area contributed by atoms with Gasteiger partial charge in [-0.1, -0.05) is 201 Å². The molecule has 3 saturated heterocycles. The van der Waals surface area contributed by atoms with Crippen LogP contribution in [0.3, 0.4) is 0 Å². The molecule has 5 aliphatic rings. The molecule has 9 aromatic carbocycles. The summed E-state index contributed by atoms with van der Waals surface area (Å²) >= 11 is 0. The van der Waals surface area contributed by atoms with Crippen molar-refractivity contribution in [3.05, 3.63) is 294 Å². The summed E-state index contributed by atoms with van der Waals surface area (Å²) in [6.45, 7) is 14.2. The Morgan fingerprint density at radius 2 is 0.787 bits per heavy atom. The Kier molecular flexibility index (Phi) is 36.7. The van der Waals surface area contributed by atoms with Crippen LogP contribution in [0.15, 0.2) is 255 Å². The number of likely N-dealkylation sites (tertiary alicyclic amines) is 3. The lowest BCUT2D eigenvalue weighted by Crippen LogP contribution is -2.60. The number of unbranched alkanes of at least 4 members (excludes halogenated alkanes) is 3. The third-order valence-electron chi connectivity index (χ3n) is 26.1. The van der Waals surface area contributed by atoms with Crippen LogP contribution in [-0.2, 0) is 48.2 Å². The molecule has 0 saturated carbocycles. The van der Waals surface area contributed by atoms with E-state index in [0.29, 0.717) is 103 Å². The number of likely N-dealkylation sites (N-methyl/N-ethyl adjacent to an activating group) is 3. The van der Waals surface area contributed by atoms with Crippen LogP contribution in [0, 0.1) is 0 Å². The van der Waals surface area contributed by atoms with Gasteiger partial charge < -0.3 is 52.5 Å². The van der Waals surface area contributed by atoms with Crippen LogP contribution in [0.1, 0.15) is 129 Å². The zero-order valence-corrected chi connectivity index (χ0v) is 79.8. The predicted molar refractivity (Wildman–Crippen MR) is 530 cm³/mol. The number of nitrogens with one attached hydrogen (secondary N) is 3. The maximum Gasteiger partial charge on any atom is 0.411 e. The SMILES string of the molecule is COc1ccccc1COCCCCCC[N+](C)(C)C(CN1CCC(OC(=O)Nc2ccccc2-c2ccccc2)CC1)C(N)=O.C[N+](C)(CCCN1C(=O)c2ccccc2C1=O)CCOCCN1CCC(OC(=O)Nc2ccccc2-c2ccccc2)CC1.C[N+](C)(CCN1C(=O)c2ccccc2C1=O)Cc1cccc(CN2CCC(OC(=O)Nc3ccccc3-c3ccccc3)CC2)n1. The summed E-state index contributed by atoms with van der Waals surface area (Å²) in [6.07, 6.45) is 7.74. The highest BCUT2D eigenvalue weighted by Crippen LogP contribution is 2.34. The molecule has 1 aromatic heterocycles. The molecule has 1 unspecified atom stereocenters. The number of para-hydroxylation sites is 4. The Labute approximate surface area is 800 Å². The summed E-state index contributed by atoms with van der Waals surface area (Å²) in [7, 11) is 14.3. The smallest absolute Gasteiger partial charge is 0.411 e. The Morgan fingerprint density at radius 1 is 0.382 bits per heavy atom. The summed E-state index contributed by atoms with van der Waals surface area (Å²) in [4.78, 5) is 116. The van der Waals surface area contributed by atoms with Crippen molar-refractivity contribution in [3.63, 3.8) is 0 Å². The Balaban J connectivity index is 0.000000173. The molecule has 27 heteroatoms. The lowest BCUT2D eigenvalue weighted by Gasteiger charge is -2.40. The summed E-state index contributed by atoms with van der Waals surface area (Å²) in [5.74, 6) is -0.240. The van der Waals surface area contributed by atoms with Crippen LogP contribution in [0.5, 0.6) is 5.75 Å². The number of quaternary nitrogens is 3. The molecule has 15 rings (SSSR count). The van der Waals surface area contributed by atoms with E-state index in [0.717, 1.165) is 207 Å². The van der Waals surface area contributed by atoms with Gasteiger partial charge in [-0.3, -0.25) is 64.5 Å². The number of benzene rings is 9. The molecule has 136 heavy (non-hydrogen) atoms. The van der Waals surface area contributed by atoms with E-state index >= 15 is 0 Å². The highest BCUT2D eigenvalue weighted by Gasteiger charge is 2.40. The van der Waals surface area contributed by atoms with Crippen LogP contribution >= 0.6 is 0 Å². The number of carbonyl (C=O) groups is 8. The first kappa shape index (κ1) is 101. The number of pyridine rings is 1. The predicted octanol–water partition coefficient (Wildman–Crippen LogP) is 17.1. The number of carbonyl (C=O) groups excluding carboxylic acids is 8. The zero-order chi connectivity index (χ0) is 95.8. The number of aromatic nitrogens is 1. The van der Waals surface area contributed by atoms with E-state index in [1.165, 1.54) is 9.80 Å². The van der Waals surface area contributed by atoms with Gasteiger partial charge in [0.25, 0.3) is 29.5 Å². The van der Waals surface area contributed by atoms with Gasteiger partial charge in [-0.25, -0.2) is 14.4 Å². The Morgan fingerprint density at radius 3 is 1.25 bits per heavy atom. The van der Waals surface area contributed by atoms with Crippen molar-refractivity contribution >= 4 is 64.9 Å². The number of nitrogens with zero attached hydrogens (tertiary/aromatic N) is 9. The van der Waals surface area contributed by atoms with Crippen LogP contribution in [0.4, 0.5) is 31.4 Å². The number of nitrogens with two attached hydrogens (primary N) is 1. The monoisotopic (exact) mass is 1850 g/mol. The largest absolute Gasteiger partial charge is 0.496 e.